The van der Waals surface area contributed by atoms with Gasteiger partial charge in [-0.05, 0) is 88.7 Å². The van der Waals surface area contributed by atoms with E-state index in [1.807, 2.05) is 27.7 Å². The molecule has 10 heteroatoms. The highest BCUT2D eigenvalue weighted by atomic mass is 35.5. The van der Waals surface area contributed by atoms with E-state index in [1.165, 1.54) is 29.2 Å². The average Bonchev–Trinajstić information content (AvgIpc) is 2.86. The van der Waals surface area contributed by atoms with Crippen molar-refractivity contribution in [3.8, 4) is 0 Å². The van der Waals surface area contributed by atoms with Gasteiger partial charge in [-0.3, -0.25) is 13.9 Å². The normalized spacial score (nSPS) is 12.5. The van der Waals surface area contributed by atoms with Crippen molar-refractivity contribution in [2.24, 2.45) is 0 Å². The Hall–Kier alpha value is -3.43. The van der Waals surface area contributed by atoms with Crippen LogP contribution in [0.3, 0.4) is 0 Å². The summed E-state index contributed by atoms with van der Waals surface area (Å²) < 4.78 is 42.1. The summed E-state index contributed by atoms with van der Waals surface area (Å²) in [6.45, 7) is 8.33. The Kier molecular flexibility index (Phi) is 9.40. The molecule has 3 aromatic rings. The molecule has 0 bridgehead atoms. The largest absolute Gasteiger partial charge is 0.350 e. The van der Waals surface area contributed by atoms with Crippen LogP contribution in [0.15, 0.2) is 77.7 Å². The van der Waals surface area contributed by atoms with Gasteiger partial charge >= 0.3 is 0 Å². The number of aryl methyl sites for hydroxylation is 1. The van der Waals surface area contributed by atoms with Crippen molar-refractivity contribution in [1.29, 1.82) is 0 Å². The summed E-state index contributed by atoms with van der Waals surface area (Å²) in [7, 11) is -4.22. The highest BCUT2D eigenvalue weighted by Gasteiger charge is 2.33. The minimum Gasteiger partial charge on any atom is -0.350 e. The smallest absolute Gasteiger partial charge is 0.264 e. The molecule has 0 saturated heterocycles. The lowest BCUT2D eigenvalue weighted by molar-refractivity contribution is -0.140. The molecule has 3 rings (SSSR count). The zero-order valence-corrected chi connectivity index (χ0v) is 24.2. The van der Waals surface area contributed by atoms with Crippen LogP contribution < -0.4 is 9.62 Å². The Morgan fingerprint density at radius 2 is 1.51 bits per heavy atom. The highest BCUT2D eigenvalue weighted by molar-refractivity contribution is 7.92. The number of anilines is 1. The molecule has 0 radical (unpaired) electrons. The minimum absolute atomic E-state index is 0.0204. The van der Waals surface area contributed by atoms with Crippen molar-refractivity contribution >= 4 is 39.1 Å². The highest BCUT2D eigenvalue weighted by Crippen LogP contribution is 2.25. The van der Waals surface area contributed by atoms with Gasteiger partial charge in [-0.15, -0.1) is 0 Å². The van der Waals surface area contributed by atoms with Gasteiger partial charge in [0.15, 0.2) is 0 Å². The molecular formula is C29H33ClFN3O4S. The van der Waals surface area contributed by atoms with Gasteiger partial charge < -0.3 is 10.2 Å². The number of carbonyl (C=O) groups excluding carboxylic acids is 2. The number of halogens is 2. The van der Waals surface area contributed by atoms with E-state index in [9.17, 15) is 22.4 Å². The summed E-state index contributed by atoms with van der Waals surface area (Å²) in [5.74, 6) is -1.55. The molecule has 208 valence electrons. The molecule has 3 aromatic carbocycles. The second-order valence-electron chi connectivity index (χ2n) is 10.4. The fourth-order valence-corrected chi connectivity index (χ4v) is 5.36. The van der Waals surface area contributed by atoms with Crippen molar-refractivity contribution in [3.63, 3.8) is 0 Å². The number of carbonyl (C=O) groups is 2. The third-order valence-corrected chi connectivity index (χ3v) is 7.97. The van der Waals surface area contributed by atoms with E-state index < -0.39 is 39.9 Å². The molecule has 1 N–H and O–H groups in total. The van der Waals surface area contributed by atoms with Gasteiger partial charge in [0.1, 0.15) is 18.4 Å². The van der Waals surface area contributed by atoms with E-state index in [1.54, 1.807) is 43.3 Å². The third kappa shape index (κ3) is 8.03. The number of amides is 2. The third-order valence-electron chi connectivity index (χ3n) is 5.93. The molecule has 0 saturated carbocycles. The molecular weight excluding hydrogens is 541 g/mol. The summed E-state index contributed by atoms with van der Waals surface area (Å²) in [5, 5.41) is 3.39. The van der Waals surface area contributed by atoms with Gasteiger partial charge in [0, 0.05) is 17.1 Å². The van der Waals surface area contributed by atoms with Gasteiger partial charge in [-0.2, -0.15) is 0 Å². The SMILES string of the molecule is Cc1ccc(S(=O)(=O)N(CC(=O)N(Cc2ccc(Cl)cc2)[C@@H](C)C(=O)NC(C)(C)C)c2ccc(F)cc2)cc1. The van der Waals surface area contributed by atoms with Gasteiger partial charge in [0.05, 0.1) is 10.6 Å². The Bertz CT molecular complexity index is 1400. The Morgan fingerprint density at radius 1 is 0.949 bits per heavy atom. The minimum atomic E-state index is -4.22. The predicted molar refractivity (Wildman–Crippen MR) is 151 cm³/mol. The Morgan fingerprint density at radius 3 is 2.05 bits per heavy atom. The second-order valence-corrected chi connectivity index (χ2v) is 12.7. The van der Waals surface area contributed by atoms with E-state index in [2.05, 4.69) is 5.32 Å². The fourth-order valence-electron chi connectivity index (χ4n) is 3.82. The van der Waals surface area contributed by atoms with Crippen LogP contribution >= 0.6 is 11.6 Å². The van der Waals surface area contributed by atoms with E-state index in [-0.39, 0.29) is 23.0 Å². The first kappa shape index (κ1) is 30.1. The molecule has 0 aromatic heterocycles. The summed E-state index contributed by atoms with van der Waals surface area (Å²) in [6, 6.07) is 17.0. The van der Waals surface area contributed by atoms with E-state index in [4.69, 9.17) is 11.6 Å². The van der Waals surface area contributed by atoms with Crippen LogP contribution in [0.5, 0.6) is 0 Å². The molecule has 0 heterocycles. The number of benzene rings is 3. The molecule has 0 spiro atoms. The van der Waals surface area contributed by atoms with E-state index in [0.717, 1.165) is 22.0 Å². The zero-order chi connectivity index (χ0) is 29.0. The first-order valence-corrected chi connectivity index (χ1v) is 14.2. The lowest BCUT2D eigenvalue weighted by atomic mass is 10.1. The van der Waals surface area contributed by atoms with Crippen LogP contribution in [-0.2, 0) is 26.2 Å². The molecule has 0 unspecified atom stereocenters. The molecule has 1 atom stereocenters. The number of hydrogen-bond donors (Lipinski definition) is 1. The predicted octanol–water partition coefficient (Wildman–Crippen LogP) is 5.31. The molecule has 0 aliphatic heterocycles. The Labute approximate surface area is 234 Å². The summed E-state index contributed by atoms with van der Waals surface area (Å²) in [6.07, 6.45) is 0. The van der Waals surface area contributed by atoms with Crippen molar-refractivity contribution < 1.29 is 22.4 Å². The van der Waals surface area contributed by atoms with Crippen molar-refractivity contribution in [3.05, 3.63) is 94.8 Å². The molecule has 0 fully saturated rings. The first-order valence-electron chi connectivity index (χ1n) is 12.4. The van der Waals surface area contributed by atoms with Gasteiger partial charge in [0.25, 0.3) is 10.0 Å². The molecule has 7 nitrogen and oxygen atoms in total. The molecule has 0 aliphatic rings. The zero-order valence-electron chi connectivity index (χ0n) is 22.6. The standard InChI is InChI=1S/C29H33ClFN3O4S/c1-20-6-16-26(17-7-20)39(37,38)34(25-14-12-24(31)13-15-25)19-27(35)33(18-22-8-10-23(30)11-9-22)21(2)28(36)32-29(3,4)5/h6-17,21H,18-19H2,1-5H3,(H,32,36)/t21-/m0/s1. The van der Waals surface area contributed by atoms with Crippen molar-refractivity contribution in [1.82, 2.24) is 10.2 Å². The van der Waals surface area contributed by atoms with E-state index >= 15 is 0 Å². The first-order chi connectivity index (χ1) is 18.2. The number of hydrogen-bond acceptors (Lipinski definition) is 4. The maximum Gasteiger partial charge on any atom is 0.264 e. The summed E-state index contributed by atoms with van der Waals surface area (Å²) in [5.41, 5.74) is 1.14. The molecule has 2 amide bonds. The van der Waals surface area contributed by atoms with E-state index in [0.29, 0.717) is 10.6 Å². The quantitative estimate of drug-likeness (QED) is 0.376. The topological polar surface area (TPSA) is 86.8 Å². The second kappa shape index (κ2) is 12.2. The number of nitrogens with zero attached hydrogens (tertiary/aromatic N) is 2. The summed E-state index contributed by atoms with van der Waals surface area (Å²) >= 11 is 6.02. The molecule has 39 heavy (non-hydrogen) atoms. The van der Waals surface area contributed by atoms with Crippen LogP contribution in [0.25, 0.3) is 0 Å². The fraction of sp³-hybridized carbons (Fsp3) is 0.310. The average molecular weight is 574 g/mol. The van der Waals surface area contributed by atoms with Crippen LogP contribution in [-0.4, -0.2) is 43.3 Å². The van der Waals surface area contributed by atoms with Crippen molar-refractivity contribution in [2.75, 3.05) is 10.8 Å². The molecule has 0 aliphatic carbocycles. The lowest BCUT2D eigenvalue weighted by Crippen LogP contribution is -2.54. The maximum atomic E-state index is 13.8. The van der Waals surface area contributed by atoms with Gasteiger partial charge in [0.2, 0.25) is 11.8 Å². The number of nitrogens with one attached hydrogen (secondary N) is 1. The van der Waals surface area contributed by atoms with Crippen molar-refractivity contribution in [2.45, 2.75) is 57.6 Å². The van der Waals surface area contributed by atoms with Crippen LogP contribution in [0, 0.1) is 12.7 Å². The van der Waals surface area contributed by atoms with Gasteiger partial charge in [-0.25, -0.2) is 12.8 Å². The number of rotatable bonds is 9. The van der Waals surface area contributed by atoms with Crippen LogP contribution in [0.1, 0.15) is 38.8 Å². The summed E-state index contributed by atoms with van der Waals surface area (Å²) in [4.78, 5) is 28.2. The lowest BCUT2D eigenvalue weighted by Gasteiger charge is -2.33. The maximum absolute atomic E-state index is 13.8. The Balaban J connectivity index is 2.02. The van der Waals surface area contributed by atoms with Crippen LogP contribution in [0.4, 0.5) is 10.1 Å². The van der Waals surface area contributed by atoms with Crippen LogP contribution in [0.2, 0.25) is 5.02 Å². The number of sulfonamides is 1. The monoisotopic (exact) mass is 573 g/mol. The van der Waals surface area contributed by atoms with Gasteiger partial charge in [-0.1, -0.05) is 41.4 Å².